The van der Waals surface area contributed by atoms with Crippen LogP contribution in [0, 0.1) is 17.8 Å². The van der Waals surface area contributed by atoms with Crippen molar-refractivity contribution < 1.29 is 0 Å². The molecule has 0 amide bonds. The fraction of sp³-hybridized carbons (Fsp3) is 1.00. The molecule has 16 heavy (non-hydrogen) atoms. The molecule has 96 valence electrons. The van der Waals surface area contributed by atoms with Gasteiger partial charge in [0.1, 0.15) is 0 Å². The van der Waals surface area contributed by atoms with Crippen LogP contribution in [-0.2, 0) is 0 Å². The zero-order chi connectivity index (χ0) is 12.0. The fourth-order valence-electron chi connectivity index (χ4n) is 3.31. The highest BCUT2D eigenvalue weighted by Crippen LogP contribution is 2.31. The maximum Gasteiger partial charge on any atom is 0.000987 e. The quantitative estimate of drug-likeness (QED) is 0.681. The van der Waals surface area contributed by atoms with Crippen LogP contribution in [0.3, 0.4) is 0 Å². The summed E-state index contributed by atoms with van der Waals surface area (Å²) in [6, 6.07) is 0. The van der Waals surface area contributed by atoms with E-state index in [1.54, 1.807) is 0 Å². The van der Waals surface area contributed by atoms with E-state index < -0.39 is 0 Å². The largest absolute Gasteiger partial charge is 0.303 e. The number of hydrogen-bond donors (Lipinski definition) is 0. The molecular weight excluding hydrogens is 194 g/mol. The van der Waals surface area contributed by atoms with E-state index in [2.05, 4.69) is 18.7 Å². The molecule has 3 unspecified atom stereocenters. The summed E-state index contributed by atoms with van der Waals surface area (Å²) in [6.07, 6.45) is 7.35. The Morgan fingerprint density at radius 1 is 1.00 bits per heavy atom. The lowest BCUT2D eigenvalue weighted by atomic mass is 9.98. The Hall–Kier alpha value is -0.0400. The van der Waals surface area contributed by atoms with Crippen molar-refractivity contribution in [2.24, 2.45) is 17.8 Å². The molecule has 1 heteroatoms. The molecule has 2 aliphatic rings. The van der Waals surface area contributed by atoms with E-state index >= 15 is 0 Å². The highest BCUT2D eigenvalue weighted by atomic mass is 15.1. The molecule has 3 atom stereocenters. The number of likely N-dealkylation sites (tertiary alicyclic amines) is 1. The Labute approximate surface area is 103 Å². The van der Waals surface area contributed by atoms with Crippen molar-refractivity contribution in [1.29, 1.82) is 0 Å². The Balaban J connectivity index is 0.000000606. The van der Waals surface area contributed by atoms with Crippen molar-refractivity contribution in [1.82, 2.24) is 4.90 Å². The first-order valence-corrected chi connectivity index (χ1v) is 7.46. The van der Waals surface area contributed by atoms with Gasteiger partial charge < -0.3 is 4.90 Å². The van der Waals surface area contributed by atoms with Gasteiger partial charge in [0.25, 0.3) is 0 Å². The molecule has 1 aliphatic heterocycles. The van der Waals surface area contributed by atoms with E-state index in [1.807, 2.05) is 13.8 Å². The van der Waals surface area contributed by atoms with E-state index in [0.717, 1.165) is 17.8 Å². The predicted molar refractivity (Wildman–Crippen MR) is 72.7 cm³/mol. The lowest BCUT2D eigenvalue weighted by Gasteiger charge is -2.32. The molecule has 2 rings (SSSR count). The standard InChI is InChI=1S/C13H25N.C2H6/c1-11-5-6-13(8-11)10-14-7-3-4-12(2)9-14;1-2/h11-13H,3-10H2,1-2H3;1-2H3. The van der Waals surface area contributed by atoms with E-state index in [1.165, 1.54) is 51.7 Å². The Bertz CT molecular complexity index is 178. The van der Waals surface area contributed by atoms with Crippen LogP contribution in [-0.4, -0.2) is 24.5 Å². The van der Waals surface area contributed by atoms with Gasteiger partial charge in [0.05, 0.1) is 0 Å². The van der Waals surface area contributed by atoms with Crippen LogP contribution in [0.15, 0.2) is 0 Å². The number of hydrogen-bond acceptors (Lipinski definition) is 1. The number of nitrogens with zero attached hydrogens (tertiary/aromatic N) is 1. The van der Waals surface area contributed by atoms with Crippen LogP contribution >= 0.6 is 0 Å². The summed E-state index contributed by atoms with van der Waals surface area (Å²) in [5, 5.41) is 0. The van der Waals surface area contributed by atoms with E-state index in [-0.39, 0.29) is 0 Å². The van der Waals surface area contributed by atoms with Crippen molar-refractivity contribution >= 4 is 0 Å². The minimum absolute atomic E-state index is 0.947. The maximum absolute atomic E-state index is 2.72. The number of piperidine rings is 1. The van der Waals surface area contributed by atoms with Crippen molar-refractivity contribution in [3.8, 4) is 0 Å². The molecule has 1 nitrogen and oxygen atoms in total. The third kappa shape index (κ3) is 4.45. The summed E-state index contributed by atoms with van der Waals surface area (Å²) < 4.78 is 0. The topological polar surface area (TPSA) is 3.24 Å². The van der Waals surface area contributed by atoms with Gasteiger partial charge in [0, 0.05) is 13.1 Å². The first kappa shape index (κ1) is 14.0. The van der Waals surface area contributed by atoms with Gasteiger partial charge in [-0.3, -0.25) is 0 Å². The van der Waals surface area contributed by atoms with Gasteiger partial charge in [-0.2, -0.15) is 0 Å². The normalized spacial score (nSPS) is 35.6. The summed E-state index contributed by atoms with van der Waals surface area (Å²) in [7, 11) is 0. The Morgan fingerprint density at radius 3 is 2.31 bits per heavy atom. The molecule has 1 saturated heterocycles. The van der Waals surface area contributed by atoms with E-state index in [9.17, 15) is 0 Å². The average molecular weight is 225 g/mol. The molecule has 0 bridgehead atoms. The number of rotatable bonds is 2. The van der Waals surface area contributed by atoms with Crippen LogP contribution in [0.1, 0.15) is 59.8 Å². The highest BCUT2D eigenvalue weighted by Gasteiger charge is 2.25. The average Bonchev–Trinajstić information content (AvgIpc) is 2.67. The van der Waals surface area contributed by atoms with Crippen molar-refractivity contribution in [2.45, 2.75) is 59.8 Å². The molecule has 1 aliphatic carbocycles. The van der Waals surface area contributed by atoms with Crippen molar-refractivity contribution in [2.75, 3.05) is 19.6 Å². The highest BCUT2D eigenvalue weighted by molar-refractivity contribution is 4.78. The fourth-order valence-corrected chi connectivity index (χ4v) is 3.31. The zero-order valence-corrected chi connectivity index (χ0v) is 11.8. The zero-order valence-electron chi connectivity index (χ0n) is 11.8. The van der Waals surface area contributed by atoms with E-state index in [0.29, 0.717) is 0 Å². The molecular formula is C15H31N. The summed E-state index contributed by atoms with van der Waals surface area (Å²) >= 11 is 0. The molecule has 1 heterocycles. The smallest absolute Gasteiger partial charge is 0.000987 e. The van der Waals surface area contributed by atoms with Crippen LogP contribution in [0.25, 0.3) is 0 Å². The minimum Gasteiger partial charge on any atom is -0.303 e. The van der Waals surface area contributed by atoms with Gasteiger partial charge in [-0.05, 0) is 50.0 Å². The van der Waals surface area contributed by atoms with Gasteiger partial charge in [-0.15, -0.1) is 0 Å². The SMILES string of the molecule is CC.CC1CCC(CN2CCCC(C)C2)C1. The summed E-state index contributed by atoms with van der Waals surface area (Å²) in [6.45, 7) is 13.0. The molecule has 0 aromatic rings. The van der Waals surface area contributed by atoms with Gasteiger partial charge >= 0.3 is 0 Å². The molecule has 0 aromatic heterocycles. The van der Waals surface area contributed by atoms with Gasteiger partial charge in [0.2, 0.25) is 0 Å². The summed E-state index contributed by atoms with van der Waals surface area (Å²) in [5.74, 6) is 2.97. The van der Waals surface area contributed by atoms with Crippen LogP contribution in [0.5, 0.6) is 0 Å². The predicted octanol–water partition coefficient (Wildman–Crippen LogP) is 4.18. The second kappa shape index (κ2) is 7.32. The Kier molecular flexibility index (Phi) is 6.41. The lowest BCUT2D eigenvalue weighted by Crippen LogP contribution is -2.37. The van der Waals surface area contributed by atoms with Crippen molar-refractivity contribution in [3.05, 3.63) is 0 Å². The summed E-state index contributed by atoms with van der Waals surface area (Å²) in [5.41, 5.74) is 0. The van der Waals surface area contributed by atoms with Crippen molar-refractivity contribution in [3.63, 3.8) is 0 Å². The third-order valence-electron chi connectivity index (χ3n) is 4.06. The maximum atomic E-state index is 2.72. The van der Waals surface area contributed by atoms with Crippen LogP contribution in [0.4, 0.5) is 0 Å². The first-order valence-electron chi connectivity index (χ1n) is 7.46. The van der Waals surface area contributed by atoms with Gasteiger partial charge in [-0.25, -0.2) is 0 Å². The second-order valence-corrected chi connectivity index (χ2v) is 5.79. The van der Waals surface area contributed by atoms with Gasteiger partial charge in [-0.1, -0.05) is 34.1 Å². The molecule has 0 radical (unpaired) electrons. The molecule has 1 saturated carbocycles. The molecule has 0 N–H and O–H groups in total. The van der Waals surface area contributed by atoms with E-state index in [4.69, 9.17) is 0 Å². The summed E-state index contributed by atoms with van der Waals surface area (Å²) in [4.78, 5) is 2.72. The molecule has 0 spiro atoms. The van der Waals surface area contributed by atoms with Crippen LogP contribution < -0.4 is 0 Å². The minimum atomic E-state index is 0.947. The third-order valence-corrected chi connectivity index (χ3v) is 4.06. The lowest BCUT2D eigenvalue weighted by molar-refractivity contribution is 0.159. The Morgan fingerprint density at radius 2 is 1.75 bits per heavy atom. The van der Waals surface area contributed by atoms with Crippen LogP contribution in [0.2, 0.25) is 0 Å². The second-order valence-electron chi connectivity index (χ2n) is 5.79. The molecule has 2 fully saturated rings. The molecule has 0 aromatic carbocycles. The van der Waals surface area contributed by atoms with Gasteiger partial charge in [0.15, 0.2) is 0 Å². The first-order chi connectivity index (χ1) is 7.74. The monoisotopic (exact) mass is 225 g/mol.